The second-order valence-electron chi connectivity index (χ2n) is 1.41. The van der Waals surface area contributed by atoms with E-state index in [0.29, 0.717) is 12.1 Å². The Labute approximate surface area is 66.0 Å². The molecule has 0 spiro atoms. The number of halogens is 1. The van der Waals surface area contributed by atoms with Crippen molar-refractivity contribution in [2.24, 2.45) is 0 Å². The molecule has 0 amide bonds. The van der Waals surface area contributed by atoms with Gasteiger partial charge in [0.15, 0.2) is 0 Å². The summed E-state index contributed by atoms with van der Waals surface area (Å²) < 4.78 is 25.1. The van der Waals surface area contributed by atoms with Gasteiger partial charge >= 0.3 is 13.8 Å². The van der Waals surface area contributed by atoms with Gasteiger partial charge < -0.3 is 9.79 Å². The number of nitrogens with one attached hydrogen (secondary N) is 2. The zero-order chi connectivity index (χ0) is 8.91. The zero-order valence-corrected chi connectivity index (χ0v) is 6.86. The lowest BCUT2D eigenvalue weighted by molar-refractivity contribution is -0.127. The number of carbonyl (C=O) groups excluding carboxylic acids is 1. The second-order valence-corrected chi connectivity index (χ2v) is 3.72. The van der Waals surface area contributed by atoms with E-state index >= 15 is 0 Å². The van der Waals surface area contributed by atoms with Crippen molar-refractivity contribution < 1.29 is 23.5 Å². The van der Waals surface area contributed by atoms with Crippen molar-refractivity contribution in [2.75, 3.05) is 6.54 Å². The molecule has 6 nitrogen and oxygen atoms in total. The summed E-state index contributed by atoms with van der Waals surface area (Å²) in [5.74, 6) is 0. The fourth-order valence-electron chi connectivity index (χ4n) is 0.185. The average molecular weight is 204 g/mol. The highest BCUT2D eigenvalue weighted by Gasteiger charge is 2.11. The Morgan fingerprint density at radius 1 is 1.64 bits per heavy atom. The fourth-order valence-corrected chi connectivity index (χ4v) is 1.10. The summed E-state index contributed by atoms with van der Waals surface area (Å²) in [5, 5.41) is 0. The number of hydrogen-bond acceptors (Lipinski definition) is 4. The Balaban J connectivity index is 3.29. The minimum absolute atomic E-state index is 0.365. The SMILES string of the molecule is O=C(F)CNSNP(=O)(O)O. The lowest BCUT2D eigenvalue weighted by atomic mass is 10.7. The van der Waals surface area contributed by atoms with Gasteiger partial charge in [-0.05, 0) is 0 Å². The molecule has 4 N–H and O–H groups in total. The van der Waals surface area contributed by atoms with Crippen molar-refractivity contribution in [3.63, 3.8) is 0 Å². The van der Waals surface area contributed by atoms with E-state index in [1.165, 1.54) is 0 Å². The maximum absolute atomic E-state index is 11.4. The first-order chi connectivity index (χ1) is 4.92. The maximum atomic E-state index is 11.4. The molecule has 0 radical (unpaired) electrons. The van der Waals surface area contributed by atoms with Crippen LogP contribution in [0.1, 0.15) is 0 Å². The first-order valence-electron chi connectivity index (χ1n) is 2.31. The molecule has 66 valence electrons. The molecule has 11 heavy (non-hydrogen) atoms. The van der Waals surface area contributed by atoms with Crippen LogP contribution in [0.25, 0.3) is 0 Å². The van der Waals surface area contributed by atoms with Crippen LogP contribution in [0.4, 0.5) is 4.39 Å². The molecule has 0 fully saturated rings. The molecule has 0 aliphatic carbocycles. The van der Waals surface area contributed by atoms with Crippen molar-refractivity contribution in [1.29, 1.82) is 0 Å². The molecule has 9 heteroatoms. The minimum Gasteiger partial charge on any atom is -0.312 e. The van der Waals surface area contributed by atoms with E-state index in [4.69, 9.17) is 9.79 Å². The van der Waals surface area contributed by atoms with Crippen LogP contribution >= 0.6 is 19.9 Å². The third-order valence-corrected chi connectivity index (χ3v) is 2.05. The predicted molar refractivity (Wildman–Crippen MR) is 36.9 cm³/mol. The Morgan fingerprint density at radius 3 is 2.55 bits per heavy atom. The Bertz CT molecular complexity index is 183. The fraction of sp³-hybridized carbons (Fsp3) is 0.500. The molecular weight excluding hydrogens is 198 g/mol. The van der Waals surface area contributed by atoms with Crippen LogP contribution in [-0.4, -0.2) is 22.4 Å². The third-order valence-electron chi connectivity index (χ3n) is 0.448. The summed E-state index contributed by atoms with van der Waals surface area (Å²) in [7, 11) is -4.31. The van der Waals surface area contributed by atoms with Crippen molar-refractivity contribution in [3.8, 4) is 0 Å². The Hall–Kier alpha value is 0.0200. The highest BCUT2D eigenvalue weighted by Crippen LogP contribution is 2.30. The molecule has 0 aliphatic rings. The van der Waals surface area contributed by atoms with Crippen molar-refractivity contribution in [1.82, 2.24) is 9.21 Å². The molecule has 0 aromatic carbocycles. The van der Waals surface area contributed by atoms with Gasteiger partial charge in [0, 0.05) is 12.1 Å². The van der Waals surface area contributed by atoms with Crippen LogP contribution in [0.5, 0.6) is 0 Å². The van der Waals surface area contributed by atoms with Gasteiger partial charge in [0.1, 0.15) is 0 Å². The Kier molecular flexibility index (Phi) is 4.82. The van der Waals surface area contributed by atoms with Gasteiger partial charge in [-0.1, -0.05) is 0 Å². The topological polar surface area (TPSA) is 98.7 Å². The molecule has 0 saturated heterocycles. The van der Waals surface area contributed by atoms with E-state index in [-0.39, 0.29) is 0 Å². The van der Waals surface area contributed by atoms with Crippen LogP contribution in [-0.2, 0) is 9.36 Å². The van der Waals surface area contributed by atoms with E-state index < -0.39 is 20.3 Å². The predicted octanol–water partition coefficient (Wildman–Crippen LogP) is -0.682. The van der Waals surface area contributed by atoms with Gasteiger partial charge in [-0.15, -0.1) is 0 Å². The molecule has 0 bridgehead atoms. The van der Waals surface area contributed by atoms with E-state index in [0.717, 1.165) is 0 Å². The first kappa shape index (κ1) is 11.0. The maximum Gasteiger partial charge on any atom is 0.410 e. The van der Waals surface area contributed by atoms with Gasteiger partial charge in [-0.3, -0.25) is 4.79 Å². The third kappa shape index (κ3) is 10.0. The van der Waals surface area contributed by atoms with E-state index in [1.807, 2.05) is 4.72 Å². The second kappa shape index (κ2) is 4.81. The summed E-state index contributed by atoms with van der Waals surface area (Å²) in [6.45, 7) is -0.600. The largest absolute Gasteiger partial charge is 0.410 e. The van der Waals surface area contributed by atoms with Gasteiger partial charge in [0.25, 0.3) is 0 Å². The lowest BCUT2D eigenvalue weighted by Crippen LogP contribution is -2.17. The van der Waals surface area contributed by atoms with Crippen molar-refractivity contribution in [3.05, 3.63) is 0 Å². The normalized spacial score (nSPS) is 11.5. The molecular formula is C2H6FN2O4PS. The molecule has 0 aromatic heterocycles. The van der Waals surface area contributed by atoms with Crippen LogP contribution < -0.4 is 9.21 Å². The van der Waals surface area contributed by atoms with Gasteiger partial charge in [-0.25, -0.2) is 9.29 Å². The van der Waals surface area contributed by atoms with Crippen LogP contribution in [0.15, 0.2) is 0 Å². The molecule has 0 heterocycles. The molecule has 0 unspecified atom stereocenters. The molecule has 0 rings (SSSR count). The monoisotopic (exact) mass is 204 g/mol. The summed E-state index contributed by atoms with van der Waals surface area (Å²) >= 11 is 0.365. The van der Waals surface area contributed by atoms with Gasteiger partial charge in [0.05, 0.1) is 6.54 Å². The minimum atomic E-state index is -4.31. The molecule has 0 saturated carbocycles. The highest BCUT2D eigenvalue weighted by molar-refractivity contribution is 8.00. The van der Waals surface area contributed by atoms with Crippen molar-refractivity contribution >= 4 is 25.9 Å². The van der Waals surface area contributed by atoms with Crippen LogP contribution in [0.3, 0.4) is 0 Å². The number of rotatable bonds is 5. The van der Waals surface area contributed by atoms with E-state index in [9.17, 15) is 13.8 Å². The molecule has 0 aliphatic heterocycles. The van der Waals surface area contributed by atoms with Gasteiger partial charge in [-0.2, -0.15) is 8.88 Å². The average Bonchev–Trinajstić information content (AvgIpc) is 1.78. The van der Waals surface area contributed by atoms with Crippen molar-refractivity contribution in [2.45, 2.75) is 0 Å². The van der Waals surface area contributed by atoms with Crippen LogP contribution in [0.2, 0.25) is 0 Å². The van der Waals surface area contributed by atoms with Crippen LogP contribution in [0, 0.1) is 0 Å². The summed E-state index contributed by atoms with van der Waals surface area (Å²) in [6.07, 6.45) is 0. The summed E-state index contributed by atoms with van der Waals surface area (Å²) in [6, 6.07) is -1.61. The summed E-state index contributed by atoms with van der Waals surface area (Å²) in [4.78, 5) is 25.9. The van der Waals surface area contributed by atoms with E-state index in [1.54, 1.807) is 4.49 Å². The van der Waals surface area contributed by atoms with Gasteiger partial charge in [0.2, 0.25) is 0 Å². The molecule has 0 aromatic rings. The standard InChI is InChI=1S/C2H6FN2O4PS/c3-2(6)1-4-11-5-10(7,8)9/h4H,1H2,(H3,5,7,8,9). The lowest BCUT2D eigenvalue weighted by Gasteiger charge is -2.03. The number of carbonyl (C=O) groups is 1. The highest BCUT2D eigenvalue weighted by atomic mass is 32.2. The smallest absolute Gasteiger partial charge is 0.312 e. The summed E-state index contributed by atoms with van der Waals surface area (Å²) in [5.41, 5.74) is 0. The quantitative estimate of drug-likeness (QED) is 0.204. The Morgan fingerprint density at radius 2 is 2.18 bits per heavy atom. The zero-order valence-electron chi connectivity index (χ0n) is 5.15. The first-order valence-corrected chi connectivity index (χ1v) is 4.74. The van der Waals surface area contributed by atoms with E-state index in [2.05, 4.69) is 0 Å². The molecule has 0 atom stereocenters. The number of hydrogen-bond donors (Lipinski definition) is 4.